The van der Waals surface area contributed by atoms with E-state index in [9.17, 15) is 4.79 Å². The Balaban J connectivity index is 2.25. The topological polar surface area (TPSA) is 78.8 Å². The van der Waals surface area contributed by atoms with Gasteiger partial charge in [-0.05, 0) is 17.9 Å². The predicted octanol–water partition coefficient (Wildman–Crippen LogP) is -0.591. The van der Waals surface area contributed by atoms with E-state index in [-0.39, 0.29) is 5.97 Å². The third-order valence-corrected chi connectivity index (χ3v) is 2.42. The van der Waals surface area contributed by atoms with Gasteiger partial charge in [-0.25, -0.2) is 0 Å². The highest BCUT2D eigenvalue weighted by atomic mass is 16.5. The van der Waals surface area contributed by atoms with E-state index in [4.69, 9.17) is 14.8 Å². The zero-order valence-electron chi connectivity index (χ0n) is 10.4. The Morgan fingerprint density at radius 2 is 2.00 bits per heavy atom. The molecule has 0 heterocycles. The molecule has 0 aromatic heterocycles. The SMILES string of the molecule is CCOC(=O)CCNCc1ccc(B(O)O)cc1. The molecule has 0 saturated carbocycles. The highest BCUT2D eigenvalue weighted by Crippen LogP contribution is 1.97. The molecule has 0 aliphatic carbocycles. The molecule has 0 fully saturated rings. The van der Waals surface area contributed by atoms with Gasteiger partial charge in [0.2, 0.25) is 0 Å². The summed E-state index contributed by atoms with van der Waals surface area (Å²) in [5, 5.41) is 21.0. The van der Waals surface area contributed by atoms with E-state index in [1.54, 1.807) is 19.1 Å². The lowest BCUT2D eigenvalue weighted by Gasteiger charge is -2.06. The minimum Gasteiger partial charge on any atom is -0.466 e. The van der Waals surface area contributed by atoms with Crippen molar-refractivity contribution in [1.82, 2.24) is 5.32 Å². The van der Waals surface area contributed by atoms with Crippen LogP contribution in [0.4, 0.5) is 0 Å². The summed E-state index contributed by atoms with van der Waals surface area (Å²) in [4.78, 5) is 11.1. The van der Waals surface area contributed by atoms with Crippen molar-refractivity contribution in [3.05, 3.63) is 29.8 Å². The van der Waals surface area contributed by atoms with Crippen LogP contribution in [-0.4, -0.2) is 36.3 Å². The van der Waals surface area contributed by atoms with E-state index in [0.29, 0.717) is 31.6 Å². The number of carbonyl (C=O) groups excluding carboxylic acids is 1. The lowest BCUT2D eigenvalue weighted by Crippen LogP contribution is -2.29. The van der Waals surface area contributed by atoms with Crippen LogP contribution in [0.25, 0.3) is 0 Å². The summed E-state index contributed by atoms with van der Waals surface area (Å²) >= 11 is 0. The normalized spacial score (nSPS) is 10.2. The molecule has 0 radical (unpaired) electrons. The van der Waals surface area contributed by atoms with Crippen LogP contribution in [0.15, 0.2) is 24.3 Å². The van der Waals surface area contributed by atoms with E-state index < -0.39 is 7.12 Å². The Hall–Kier alpha value is -1.37. The molecule has 0 amide bonds. The number of hydrogen-bond donors (Lipinski definition) is 3. The van der Waals surface area contributed by atoms with E-state index in [0.717, 1.165) is 5.56 Å². The van der Waals surface area contributed by atoms with Gasteiger partial charge in [-0.1, -0.05) is 24.3 Å². The molecule has 3 N–H and O–H groups in total. The van der Waals surface area contributed by atoms with Gasteiger partial charge in [0.25, 0.3) is 0 Å². The van der Waals surface area contributed by atoms with E-state index in [1.807, 2.05) is 12.1 Å². The third-order valence-electron chi connectivity index (χ3n) is 2.42. The predicted molar refractivity (Wildman–Crippen MR) is 69.2 cm³/mol. The van der Waals surface area contributed by atoms with Gasteiger partial charge < -0.3 is 20.1 Å². The fraction of sp³-hybridized carbons (Fsp3) is 0.417. The van der Waals surface area contributed by atoms with Gasteiger partial charge in [-0.15, -0.1) is 0 Å². The second-order valence-electron chi connectivity index (χ2n) is 3.85. The largest absolute Gasteiger partial charge is 0.488 e. The number of ether oxygens (including phenoxy) is 1. The third kappa shape index (κ3) is 5.31. The number of esters is 1. The average molecular weight is 251 g/mol. The lowest BCUT2D eigenvalue weighted by atomic mass is 9.80. The maximum absolute atomic E-state index is 11.1. The molecule has 0 spiro atoms. The van der Waals surface area contributed by atoms with Crippen LogP contribution in [0.2, 0.25) is 0 Å². The monoisotopic (exact) mass is 251 g/mol. The number of benzene rings is 1. The zero-order valence-corrected chi connectivity index (χ0v) is 10.4. The minimum absolute atomic E-state index is 0.205. The molecule has 0 aliphatic heterocycles. The molecular formula is C12H18BNO4. The van der Waals surface area contributed by atoms with Crippen LogP contribution < -0.4 is 10.8 Å². The molecule has 0 unspecified atom stereocenters. The maximum Gasteiger partial charge on any atom is 0.488 e. The Morgan fingerprint density at radius 3 is 2.56 bits per heavy atom. The standard InChI is InChI=1S/C12H18BNO4/c1-2-18-12(15)7-8-14-9-10-3-5-11(6-4-10)13(16)17/h3-6,14,16-17H,2,7-9H2,1H3. The Bertz CT molecular complexity index is 367. The van der Waals surface area contributed by atoms with Gasteiger partial charge in [-0.2, -0.15) is 0 Å². The van der Waals surface area contributed by atoms with Gasteiger partial charge in [0.05, 0.1) is 13.0 Å². The van der Waals surface area contributed by atoms with Gasteiger partial charge in [0.15, 0.2) is 0 Å². The van der Waals surface area contributed by atoms with Gasteiger partial charge in [0, 0.05) is 13.1 Å². The number of carbonyl (C=O) groups is 1. The smallest absolute Gasteiger partial charge is 0.466 e. The average Bonchev–Trinajstić information content (AvgIpc) is 2.35. The summed E-state index contributed by atoms with van der Waals surface area (Å²) in [6.45, 7) is 3.37. The van der Waals surface area contributed by atoms with E-state index >= 15 is 0 Å². The lowest BCUT2D eigenvalue weighted by molar-refractivity contribution is -0.142. The van der Waals surface area contributed by atoms with Crippen molar-refractivity contribution in [2.24, 2.45) is 0 Å². The maximum atomic E-state index is 11.1. The first-order chi connectivity index (χ1) is 8.63. The first-order valence-electron chi connectivity index (χ1n) is 5.94. The molecule has 5 nitrogen and oxygen atoms in total. The van der Waals surface area contributed by atoms with Crippen LogP contribution in [0.3, 0.4) is 0 Å². The molecular weight excluding hydrogens is 233 g/mol. The van der Waals surface area contributed by atoms with Crippen LogP contribution >= 0.6 is 0 Å². The van der Waals surface area contributed by atoms with E-state index in [1.165, 1.54) is 0 Å². The van der Waals surface area contributed by atoms with Crippen molar-refractivity contribution in [1.29, 1.82) is 0 Å². The summed E-state index contributed by atoms with van der Waals surface area (Å²) in [7, 11) is -1.43. The van der Waals surface area contributed by atoms with Crippen molar-refractivity contribution in [3.8, 4) is 0 Å². The van der Waals surface area contributed by atoms with Crippen LogP contribution in [0.5, 0.6) is 0 Å². The molecule has 98 valence electrons. The second kappa shape index (κ2) is 7.86. The van der Waals surface area contributed by atoms with Crippen molar-refractivity contribution in [2.75, 3.05) is 13.2 Å². The quantitative estimate of drug-likeness (QED) is 0.343. The summed E-state index contributed by atoms with van der Waals surface area (Å²) in [5.41, 5.74) is 1.48. The van der Waals surface area contributed by atoms with Gasteiger partial charge >= 0.3 is 13.1 Å². The Morgan fingerprint density at radius 1 is 1.33 bits per heavy atom. The van der Waals surface area contributed by atoms with Crippen LogP contribution in [-0.2, 0) is 16.1 Å². The zero-order chi connectivity index (χ0) is 13.4. The fourth-order valence-electron chi connectivity index (χ4n) is 1.46. The first kappa shape index (κ1) is 14.7. The molecule has 0 atom stereocenters. The molecule has 1 aromatic carbocycles. The second-order valence-corrected chi connectivity index (χ2v) is 3.85. The molecule has 0 aliphatic rings. The number of rotatable bonds is 7. The van der Waals surface area contributed by atoms with Crippen molar-refractivity contribution in [2.45, 2.75) is 19.9 Å². The number of hydrogen-bond acceptors (Lipinski definition) is 5. The first-order valence-corrected chi connectivity index (χ1v) is 5.94. The summed E-state index contributed by atoms with van der Waals surface area (Å²) in [6, 6.07) is 6.94. The molecule has 0 saturated heterocycles. The Labute approximate surface area is 107 Å². The van der Waals surface area contributed by atoms with Crippen molar-refractivity contribution in [3.63, 3.8) is 0 Å². The molecule has 6 heteroatoms. The molecule has 1 rings (SSSR count). The van der Waals surface area contributed by atoms with Gasteiger partial charge in [0.1, 0.15) is 0 Å². The van der Waals surface area contributed by atoms with Crippen molar-refractivity contribution >= 4 is 18.6 Å². The molecule has 0 bridgehead atoms. The highest BCUT2D eigenvalue weighted by Gasteiger charge is 2.09. The minimum atomic E-state index is -1.43. The van der Waals surface area contributed by atoms with Crippen LogP contribution in [0.1, 0.15) is 18.9 Å². The summed E-state index contributed by atoms with van der Waals surface area (Å²) in [5.74, 6) is -0.205. The van der Waals surface area contributed by atoms with E-state index in [2.05, 4.69) is 5.32 Å². The fourth-order valence-corrected chi connectivity index (χ4v) is 1.46. The van der Waals surface area contributed by atoms with Gasteiger partial charge in [-0.3, -0.25) is 4.79 Å². The Kier molecular flexibility index (Phi) is 6.42. The van der Waals surface area contributed by atoms with Crippen LogP contribution in [0, 0.1) is 0 Å². The molecule has 1 aromatic rings. The summed E-state index contributed by atoms with van der Waals surface area (Å²) < 4.78 is 4.80. The number of nitrogens with one attached hydrogen (secondary N) is 1. The molecule has 18 heavy (non-hydrogen) atoms. The summed E-state index contributed by atoms with van der Waals surface area (Å²) in [6.07, 6.45) is 0.348. The van der Waals surface area contributed by atoms with Crippen molar-refractivity contribution < 1.29 is 19.6 Å². The highest BCUT2D eigenvalue weighted by molar-refractivity contribution is 6.58.